The molecule has 3 heteroatoms. The number of nitrogens with one attached hydrogen (secondary N) is 1. The Morgan fingerprint density at radius 2 is 2.05 bits per heavy atom. The van der Waals surface area contributed by atoms with Crippen LogP contribution in [0, 0.1) is 5.92 Å². The van der Waals surface area contributed by atoms with Crippen molar-refractivity contribution in [1.29, 1.82) is 0 Å². The van der Waals surface area contributed by atoms with Crippen LogP contribution in [0.4, 0.5) is 0 Å². The van der Waals surface area contributed by atoms with Gasteiger partial charge in [-0.25, -0.2) is 0 Å². The van der Waals surface area contributed by atoms with Gasteiger partial charge in [0.15, 0.2) is 0 Å². The van der Waals surface area contributed by atoms with Crippen molar-refractivity contribution in [2.24, 2.45) is 5.92 Å². The van der Waals surface area contributed by atoms with E-state index in [0.717, 1.165) is 25.9 Å². The summed E-state index contributed by atoms with van der Waals surface area (Å²) in [5.74, 6) is 0.607. The molecule has 0 aromatic heterocycles. The Kier molecular flexibility index (Phi) is 6.11. The van der Waals surface area contributed by atoms with Crippen molar-refractivity contribution < 1.29 is 9.84 Å². The molecule has 1 saturated heterocycles. The van der Waals surface area contributed by atoms with Gasteiger partial charge in [0.05, 0.1) is 11.7 Å². The molecule has 2 aliphatic rings. The number of rotatable bonds is 7. The Hall–Kier alpha value is -0.120. The van der Waals surface area contributed by atoms with Gasteiger partial charge in [-0.05, 0) is 44.6 Å². The molecule has 3 nitrogen and oxygen atoms in total. The van der Waals surface area contributed by atoms with Crippen LogP contribution in [-0.2, 0) is 4.74 Å². The molecule has 2 unspecified atom stereocenters. The van der Waals surface area contributed by atoms with E-state index in [2.05, 4.69) is 12.2 Å². The first-order valence-corrected chi connectivity index (χ1v) is 8.27. The van der Waals surface area contributed by atoms with E-state index in [-0.39, 0.29) is 5.60 Å². The van der Waals surface area contributed by atoms with Gasteiger partial charge in [-0.3, -0.25) is 0 Å². The molecule has 19 heavy (non-hydrogen) atoms. The molecular weight excluding hydrogens is 238 g/mol. The van der Waals surface area contributed by atoms with Crippen molar-refractivity contribution >= 4 is 0 Å². The molecule has 0 radical (unpaired) electrons. The molecule has 0 amide bonds. The van der Waals surface area contributed by atoms with Gasteiger partial charge in [-0.15, -0.1) is 0 Å². The average molecular weight is 269 g/mol. The summed E-state index contributed by atoms with van der Waals surface area (Å²) in [6.07, 6.45) is 11.6. The Balaban J connectivity index is 1.64. The van der Waals surface area contributed by atoms with Gasteiger partial charge < -0.3 is 15.2 Å². The van der Waals surface area contributed by atoms with Crippen molar-refractivity contribution in [3.05, 3.63) is 0 Å². The second kappa shape index (κ2) is 7.61. The van der Waals surface area contributed by atoms with Crippen LogP contribution < -0.4 is 5.32 Å². The van der Waals surface area contributed by atoms with Crippen molar-refractivity contribution in [3.8, 4) is 0 Å². The zero-order valence-electron chi connectivity index (χ0n) is 12.5. The van der Waals surface area contributed by atoms with Gasteiger partial charge in [-0.1, -0.05) is 32.6 Å². The van der Waals surface area contributed by atoms with Gasteiger partial charge >= 0.3 is 0 Å². The van der Waals surface area contributed by atoms with E-state index < -0.39 is 0 Å². The van der Waals surface area contributed by atoms with Crippen LogP contribution >= 0.6 is 0 Å². The smallest absolute Gasteiger partial charge is 0.0708 e. The summed E-state index contributed by atoms with van der Waals surface area (Å²) in [4.78, 5) is 0. The molecule has 0 aromatic rings. The van der Waals surface area contributed by atoms with E-state index in [0.29, 0.717) is 18.6 Å². The van der Waals surface area contributed by atoms with Crippen LogP contribution in [0.25, 0.3) is 0 Å². The first kappa shape index (κ1) is 15.3. The maximum Gasteiger partial charge on any atom is 0.0708 e. The van der Waals surface area contributed by atoms with Crippen LogP contribution in [0.3, 0.4) is 0 Å². The summed E-state index contributed by atoms with van der Waals surface area (Å²) in [7, 11) is 0. The predicted octanol–water partition coefficient (Wildman–Crippen LogP) is 2.87. The van der Waals surface area contributed by atoms with Crippen LogP contribution in [0.15, 0.2) is 0 Å². The lowest BCUT2D eigenvalue weighted by molar-refractivity contribution is -0.0625. The van der Waals surface area contributed by atoms with E-state index in [1.165, 1.54) is 44.9 Å². The van der Waals surface area contributed by atoms with Crippen LogP contribution in [0.5, 0.6) is 0 Å². The number of aliphatic hydroxyl groups excluding tert-OH is 1. The van der Waals surface area contributed by atoms with Gasteiger partial charge in [0.25, 0.3) is 0 Å². The average Bonchev–Trinajstić information content (AvgIpc) is 2.81. The summed E-state index contributed by atoms with van der Waals surface area (Å²) in [5, 5.41) is 12.5. The SMILES string of the molecule is CCC(CCO)CNCC1CCC2(CCCCC2)O1. The number of aliphatic hydroxyl groups is 1. The normalized spacial score (nSPS) is 27.8. The Morgan fingerprint density at radius 3 is 2.74 bits per heavy atom. The molecule has 2 rings (SSSR count). The maximum atomic E-state index is 8.99. The Bertz CT molecular complexity index is 251. The molecule has 1 heterocycles. The summed E-state index contributed by atoms with van der Waals surface area (Å²) in [6, 6.07) is 0. The van der Waals surface area contributed by atoms with Crippen LogP contribution in [0.2, 0.25) is 0 Å². The van der Waals surface area contributed by atoms with Crippen molar-refractivity contribution in [3.63, 3.8) is 0 Å². The van der Waals surface area contributed by atoms with Crippen LogP contribution in [-0.4, -0.2) is 36.5 Å². The predicted molar refractivity (Wildman–Crippen MR) is 78.3 cm³/mol. The quantitative estimate of drug-likeness (QED) is 0.747. The highest BCUT2D eigenvalue weighted by molar-refractivity contribution is 4.91. The fraction of sp³-hybridized carbons (Fsp3) is 1.00. The molecule has 1 aliphatic carbocycles. The number of ether oxygens (including phenoxy) is 1. The fourth-order valence-corrected chi connectivity index (χ4v) is 3.68. The third kappa shape index (κ3) is 4.44. The van der Waals surface area contributed by atoms with Gasteiger partial charge in [0, 0.05) is 13.2 Å². The maximum absolute atomic E-state index is 8.99. The summed E-state index contributed by atoms with van der Waals surface area (Å²) in [5.41, 5.74) is 0.250. The minimum Gasteiger partial charge on any atom is -0.396 e. The Morgan fingerprint density at radius 1 is 1.26 bits per heavy atom. The van der Waals surface area contributed by atoms with E-state index >= 15 is 0 Å². The molecular formula is C16H31NO2. The van der Waals surface area contributed by atoms with E-state index in [1.54, 1.807) is 0 Å². The topological polar surface area (TPSA) is 41.5 Å². The van der Waals surface area contributed by atoms with Gasteiger partial charge in [-0.2, -0.15) is 0 Å². The van der Waals surface area contributed by atoms with E-state index in [4.69, 9.17) is 9.84 Å². The summed E-state index contributed by atoms with van der Waals surface area (Å²) >= 11 is 0. The summed E-state index contributed by atoms with van der Waals surface area (Å²) < 4.78 is 6.35. The van der Waals surface area contributed by atoms with Gasteiger partial charge in [0.1, 0.15) is 0 Å². The third-order valence-electron chi connectivity index (χ3n) is 5.02. The van der Waals surface area contributed by atoms with E-state index in [1.807, 2.05) is 0 Å². The largest absolute Gasteiger partial charge is 0.396 e. The number of hydrogen-bond donors (Lipinski definition) is 2. The second-order valence-electron chi connectivity index (χ2n) is 6.47. The lowest BCUT2D eigenvalue weighted by Gasteiger charge is -2.33. The van der Waals surface area contributed by atoms with Crippen molar-refractivity contribution in [2.45, 2.75) is 76.4 Å². The number of hydrogen-bond acceptors (Lipinski definition) is 3. The molecule has 0 bridgehead atoms. The molecule has 1 aliphatic heterocycles. The standard InChI is InChI=1S/C16H31NO2/c1-2-14(7-11-18)12-17-13-15-6-10-16(19-15)8-4-3-5-9-16/h14-15,17-18H,2-13H2,1H3. The van der Waals surface area contributed by atoms with Crippen LogP contribution in [0.1, 0.15) is 64.7 Å². The molecule has 2 fully saturated rings. The lowest BCUT2D eigenvalue weighted by atomic mass is 9.83. The summed E-state index contributed by atoms with van der Waals surface area (Å²) in [6.45, 7) is 4.52. The molecule has 2 N–H and O–H groups in total. The highest BCUT2D eigenvalue weighted by atomic mass is 16.5. The Labute approximate surface area is 118 Å². The van der Waals surface area contributed by atoms with Gasteiger partial charge in [0.2, 0.25) is 0 Å². The minimum absolute atomic E-state index is 0.250. The monoisotopic (exact) mass is 269 g/mol. The minimum atomic E-state index is 0.250. The van der Waals surface area contributed by atoms with Crippen molar-refractivity contribution in [1.82, 2.24) is 5.32 Å². The highest BCUT2D eigenvalue weighted by Gasteiger charge is 2.40. The zero-order chi connectivity index (χ0) is 13.6. The van der Waals surface area contributed by atoms with E-state index in [9.17, 15) is 0 Å². The third-order valence-corrected chi connectivity index (χ3v) is 5.02. The fourth-order valence-electron chi connectivity index (χ4n) is 3.68. The van der Waals surface area contributed by atoms with Crippen molar-refractivity contribution in [2.75, 3.05) is 19.7 Å². The molecule has 1 spiro atoms. The molecule has 1 saturated carbocycles. The lowest BCUT2D eigenvalue weighted by Crippen LogP contribution is -2.35. The molecule has 0 aromatic carbocycles. The molecule has 112 valence electrons. The zero-order valence-corrected chi connectivity index (χ0v) is 12.5. The molecule has 2 atom stereocenters. The first-order valence-electron chi connectivity index (χ1n) is 8.27. The highest BCUT2D eigenvalue weighted by Crippen LogP contribution is 2.41. The second-order valence-corrected chi connectivity index (χ2v) is 6.47. The first-order chi connectivity index (χ1) is 9.28.